The summed E-state index contributed by atoms with van der Waals surface area (Å²) < 4.78 is 36.1. The van der Waals surface area contributed by atoms with Crippen molar-refractivity contribution in [3.63, 3.8) is 0 Å². The van der Waals surface area contributed by atoms with Gasteiger partial charge in [0.1, 0.15) is 0 Å². The third-order valence-corrected chi connectivity index (χ3v) is 2.92. The van der Waals surface area contributed by atoms with Crippen LogP contribution in [-0.2, 0) is 0 Å². The minimum absolute atomic E-state index is 0.00503. The number of benzene rings is 1. The summed E-state index contributed by atoms with van der Waals surface area (Å²) in [6.45, 7) is 2.10. The van der Waals surface area contributed by atoms with Crippen molar-refractivity contribution in [1.82, 2.24) is 5.32 Å². The molecule has 0 saturated carbocycles. The van der Waals surface area contributed by atoms with Crippen molar-refractivity contribution in [1.29, 1.82) is 0 Å². The molecule has 0 aliphatic carbocycles. The number of nitro groups is 1. The Morgan fingerprint density at radius 2 is 2.10 bits per heavy atom. The second kappa shape index (κ2) is 7.23. The van der Waals surface area contributed by atoms with Crippen LogP contribution in [0.25, 0.3) is 0 Å². The standard InChI is InChI=1S/C13H17F3N2O2/c1-2-12(17-8-4-7-13(14,15)16)10-5-3-6-11(9-10)18(19)20/h3,5-6,9,12,17H,2,4,7-8H2,1H3. The van der Waals surface area contributed by atoms with E-state index in [1.54, 1.807) is 12.1 Å². The highest BCUT2D eigenvalue weighted by Crippen LogP contribution is 2.23. The van der Waals surface area contributed by atoms with E-state index in [4.69, 9.17) is 0 Å². The first-order valence-electron chi connectivity index (χ1n) is 6.38. The van der Waals surface area contributed by atoms with Gasteiger partial charge in [-0.3, -0.25) is 10.1 Å². The van der Waals surface area contributed by atoms with Gasteiger partial charge in [0, 0.05) is 24.6 Å². The number of alkyl halides is 3. The van der Waals surface area contributed by atoms with Gasteiger partial charge >= 0.3 is 6.18 Å². The first-order valence-corrected chi connectivity index (χ1v) is 6.38. The summed E-state index contributed by atoms with van der Waals surface area (Å²) in [5.41, 5.74) is 0.701. The largest absolute Gasteiger partial charge is 0.389 e. The van der Waals surface area contributed by atoms with Crippen molar-refractivity contribution in [2.75, 3.05) is 6.54 Å². The minimum Gasteiger partial charge on any atom is -0.310 e. The van der Waals surface area contributed by atoms with Gasteiger partial charge in [0.2, 0.25) is 0 Å². The minimum atomic E-state index is -4.14. The van der Waals surface area contributed by atoms with E-state index in [9.17, 15) is 23.3 Å². The molecule has 0 saturated heterocycles. The van der Waals surface area contributed by atoms with Crippen LogP contribution in [0.3, 0.4) is 0 Å². The second-order valence-electron chi connectivity index (χ2n) is 4.49. The predicted molar refractivity (Wildman–Crippen MR) is 69.4 cm³/mol. The molecule has 0 radical (unpaired) electrons. The fraction of sp³-hybridized carbons (Fsp3) is 0.538. The summed E-state index contributed by atoms with van der Waals surface area (Å²) in [6, 6.07) is 5.97. The Morgan fingerprint density at radius 1 is 1.40 bits per heavy atom. The SMILES string of the molecule is CCC(NCCCC(F)(F)F)c1cccc([N+](=O)[O-])c1. The van der Waals surface area contributed by atoms with E-state index in [2.05, 4.69) is 5.32 Å². The molecule has 1 N–H and O–H groups in total. The molecule has 0 aliphatic rings. The number of hydrogen-bond acceptors (Lipinski definition) is 3. The molecule has 1 unspecified atom stereocenters. The highest BCUT2D eigenvalue weighted by molar-refractivity contribution is 5.35. The third-order valence-electron chi connectivity index (χ3n) is 2.92. The van der Waals surface area contributed by atoms with Crippen molar-refractivity contribution < 1.29 is 18.1 Å². The Morgan fingerprint density at radius 3 is 2.65 bits per heavy atom. The van der Waals surface area contributed by atoms with E-state index >= 15 is 0 Å². The molecule has 0 bridgehead atoms. The fourth-order valence-electron chi connectivity index (χ4n) is 1.92. The van der Waals surface area contributed by atoms with Crippen LogP contribution in [0.5, 0.6) is 0 Å². The van der Waals surface area contributed by atoms with Gasteiger partial charge in [0.05, 0.1) is 4.92 Å². The van der Waals surface area contributed by atoms with Gasteiger partial charge < -0.3 is 5.32 Å². The summed E-state index contributed by atoms with van der Waals surface area (Å²) >= 11 is 0. The summed E-state index contributed by atoms with van der Waals surface area (Å²) in [5.74, 6) is 0. The number of halogens is 3. The molecule has 1 rings (SSSR count). The number of nitrogens with one attached hydrogen (secondary N) is 1. The van der Waals surface area contributed by atoms with Crippen LogP contribution in [0.2, 0.25) is 0 Å². The summed E-state index contributed by atoms with van der Waals surface area (Å²) in [7, 11) is 0. The molecule has 1 aromatic carbocycles. The van der Waals surface area contributed by atoms with Gasteiger partial charge in [-0.2, -0.15) is 13.2 Å². The first kappa shape index (κ1) is 16.4. The lowest BCUT2D eigenvalue weighted by Crippen LogP contribution is -2.23. The van der Waals surface area contributed by atoms with Crippen LogP contribution >= 0.6 is 0 Å². The zero-order valence-corrected chi connectivity index (χ0v) is 11.1. The topological polar surface area (TPSA) is 55.2 Å². The molecule has 0 fully saturated rings. The summed E-state index contributed by atoms with van der Waals surface area (Å²) in [4.78, 5) is 10.2. The van der Waals surface area contributed by atoms with Crippen LogP contribution in [0, 0.1) is 10.1 Å². The van der Waals surface area contributed by atoms with Gasteiger partial charge in [0.15, 0.2) is 0 Å². The van der Waals surface area contributed by atoms with Crippen molar-refractivity contribution in [2.24, 2.45) is 0 Å². The Hall–Kier alpha value is -1.63. The summed E-state index contributed by atoms with van der Waals surface area (Å²) in [5, 5.41) is 13.7. The van der Waals surface area contributed by atoms with E-state index in [0.29, 0.717) is 12.0 Å². The smallest absolute Gasteiger partial charge is 0.310 e. The Bertz CT molecular complexity index is 449. The van der Waals surface area contributed by atoms with Crippen LogP contribution in [0.1, 0.15) is 37.8 Å². The maximum absolute atomic E-state index is 12.0. The molecule has 1 atom stereocenters. The zero-order valence-electron chi connectivity index (χ0n) is 11.1. The van der Waals surface area contributed by atoms with Crippen molar-refractivity contribution in [3.8, 4) is 0 Å². The monoisotopic (exact) mass is 290 g/mol. The van der Waals surface area contributed by atoms with Gasteiger partial charge in [-0.25, -0.2) is 0 Å². The molecule has 0 spiro atoms. The number of rotatable bonds is 7. The Kier molecular flexibility index (Phi) is 5.94. The van der Waals surface area contributed by atoms with Crippen molar-refractivity contribution in [2.45, 2.75) is 38.4 Å². The lowest BCUT2D eigenvalue weighted by atomic mass is 10.0. The maximum Gasteiger partial charge on any atom is 0.389 e. The normalized spacial score (nSPS) is 13.2. The molecule has 0 aliphatic heterocycles. The average molecular weight is 290 g/mol. The van der Waals surface area contributed by atoms with Gasteiger partial charge in [0.25, 0.3) is 5.69 Å². The van der Waals surface area contributed by atoms with Gasteiger partial charge in [-0.1, -0.05) is 19.1 Å². The van der Waals surface area contributed by atoms with E-state index in [1.807, 2.05) is 6.92 Å². The van der Waals surface area contributed by atoms with Crippen LogP contribution in [0.4, 0.5) is 18.9 Å². The zero-order chi connectivity index (χ0) is 15.2. The van der Waals surface area contributed by atoms with E-state index in [0.717, 1.165) is 0 Å². The molecule has 1 aromatic rings. The molecule has 0 aromatic heterocycles. The number of hydrogen-bond donors (Lipinski definition) is 1. The lowest BCUT2D eigenvalue weighted by Gasteiger charge is -2.17. The molecular formula is C13H17F3N2O2. The van der Waals surface area contributed by atoms with Gasteiger partial charge in [-0.15, -0.1) is 0 Å². The van der Waals surface area contributed by atoms with E-state index < -0.39 is 17.5 Å². The van der Waals surface area contributed by atoms with Crippen LogP contribution in [0.15, 0.2) is 24.3 Å². The van der Waals surface area contributed by atoms with Gasteiger partial charge in [-0.05, 0) is 24.9 Å². The number of nitrogens with zero attached hydrogens (tertiary/aromatic N) is 1. The van der Waals surface area contributed by atoms with E-state index in [-0.39, 0.29) is 24.7 Å². The first-order chi connectivity index (χ1) is 9.33. The number of non-ortho nitro benzene ring substituents is 1. The molecule has 0 amide bonds. The quantitative estimate of drug-likeness (QED) is 0.469. The highest BCUT2D eigenvalue weighted by atomic mass is 19.4. The second-order valence-corrected chi connectivity index (χ2v) is 4.49. The summed E-state index contributed by atoms with van der Waals surface area (Å²) in [6.07, 6.45) is -4.33. The van der Waals surface area contributed by atoms with Crippen LogP contribution in [-0.4, -0.2) is 17.6 Å². The lowest BCUT2D eigenvalue weighted by molar-refractivity contribution is -0.384. The van der Waals surface area contributed by atoms with E-state index in [1.165, 1.54) is 12.1 Å². The molecular weight excluding hydrogens is 273 g/mol. The number of nitro benzene ring substituents is 1. The molecule has 7 heteroatoms. The van der Waals surface area contributed by atoms with Crippen molar-refractivity contribution in [3.05, 3.63) is 39.9 Å². The Balaban J connectivity index is 2.58. The van der Waals surface area contributed by atoms with Crippen LogP contribution < -0.4 is 5.32 Å². The third kappa shape index (κ3) is 5.56. The maximum atomic E-state index is 12.0. The predicted octanol–water partition coefficient (Wildman–Crippen LogP) is 3.98. The molecule has 20 heavy (non-hydrogen) atoms. The molecule has 112 valence electrons. The van der Waals surface area contributed by atoms with Crippen molar-refractivity contribution >= 4 is 5.69 Å². The Labute approximate surface area is 115 Å². The molecule has 4 nitrogen and oxygen atoms in total. The highest BCUT2D eigenvalue weighted by Gasteiger charge is 2.26. The average Bonchev–Trinajstić information content (AvgIpc) is 2.37. The fourth-order valence-corrected chi connectivity index (χ4v) is 1.92. The molecule has 0 heterocycles.